The number of fused-ring (bicyclic) bond motifs is 2. The van der Waals surface area contributed by atoms with E-state index in [1.54, 1.807) is 16.8 Å². The van der Waals surface area contributed by atoms with Gasteiger partial charge in [0.2, 0.25) is 0 Å². The van der Waals surface area contributed by atoms with Gasteiger partial charge in [0.05, 0.1) is 0 Å². The second-order valence-corrected chi connectivity index (χ2v) is 5.08. The highest BCUT2D eigenvalue weighted by Crippen LogP contribution is 2.44. The Kier molecular flexibility index (Phi) is 1.50. The maximum atomic E-state index is 3.54. The molecule has 4 rings (SSSR count). The van der Waals surface area contributed by atoms with E-state index in [4.69, 9.17) is 0 Å². The van der Waals surface area contributed by atoms with Gasteiger partial charge in [0.1, 0.15) is 0 Å². The summed E-state index contributed by atoms with van der Waals surface area (Å²) in [6.45, 7) is 4.93. The molecule has 0 bridgehead atoms. The van der Waals surface area contributed by atoms with Crippen molar-refractivity contribution in [2.24, 2.45) is 5.92 Å². The zero-order valence-corrected chi connectivity index (χ0v) is 8.87. The first-order chi connectivity index (χ1) is 7.43. The molecular formula is C13H16N2. The molecular weight excluding hydrogens is 184 g/mol. The molecule has 3 aliphatic heterocycles. The molecule has 0 saturated carbocycles. The van der Waals surface area contributed by atoms with Crippen LogP contribution < -0.4 is 10.2 Å². The summed E-state index contributed by atoms with van der Waals surface area (Å²) in [6, 6.07) is 6.90. The molecule has 15 heavy (non-hydrogen) atoms. The zero-order chi connectivity index (χ0) is 9.83. The molecule has 1 saturated heterocycles. The third-order valence-corrected chi connectivity index (χ3v) is 4.31. The fourth-order valence-corrected chi connectivity index (χ4v) is 3.62. The molecule has 1 aromatic rings. The summed E-state index contributed by atoms with van der Waals surface area (Å²) in [5.74, 6) is 1.64. The summed E-state index contributed by atoms with van der Waals surface area (Å²) in [6.07, 6.45) is 1.26. The topological polar surface area (TPSA) is 15.3 Å². The molecule has 1 unspecified atom stereocenters. The summed E-state index contributed by atoms with van der Waals surface area (Å²) >= 11 is 0. The quantitative estimate of drug-likeness (QED) is 0.680. The van der Waals surface area contributed by atoms with Gasteiger partial charge in [-0.1, -0.05) is 18.2 Å². The largest absolute Gasteiger partial charge is 0.370 e. The van der Waals surface area contributed by atoms with E-state index in [2.05, 4.69) is 28.4 Å². The number of nitrogens with one attached hydrogen (secondary N) is 1. The van der Waals surface area contributed by atoms with Crippen LogP contribution in [0.5, 0.6) is 0 Å². The lowest BCUT2D eigenvalue weighted by atomic mass is 9.83. The first-order valence-electron chi connectivity index (χ1n) is 6.01. The Labute approximate surface area is 90.3 Å². The lowest BCUT2D eigenvalue weighted by Crippen LogP contribution is -2.35. The van der Waals surface area contributed by atoms with Crippen LogP contribution >= 0.6 is 0 Å². The van der Waals surface area contributed by atoms with Crippen LogP contribution in [0.2, 0.25) is 0 Å². The number of nitrogens with zero attached hydrogens (tertiary/aromatic N) is 1. The Balaban J connectivity index is 1.92. The Bertz CT molecular complexity index is 413. The van der Waals surface area contributed by atoms with Gasteiger partial charge in [-0.2, -0.15) is 0 Å². The average molecular weight is 200 g/mol. The number of hydrogen-bond donors (Lipinski definition) is 1. The Morgan fingerprint density at radius 1 is 1.27 bits per heavy atom. The van der Waals surface area contributed by atoms with Gasteiger partial charge in [-0.15, -0.1) is 0 Å². The van der Waals surface area contributed by atoms with Crippen LogP contribution in [0.3, 0.4) is 0 Å². The number of rotatable bonds is 0. The van der Waals surface area contributed by atoms with E-state index in [0.717, 1.165) is 11.8 Å². The van der Waals surface area contributed by atoms with Crippen LogP contribution in [-0.2, 0) is 6.42 Å². The highest BCUT2D eigenvalue weighted by atomic mass is 15.2. The van der Waals surface area contributed by atoms with E-state index in [1.165, 1.54) is 32.6 Å². The maximum absolute atomic E-state index is 3.54. The summed E-state index contributed by atoms with van der Waals surface area (Å²) in [5, 5.41) is 3.54. The molecule has 2 atom stereocenters. The molecule has 1 aromatic carbocycles. The van der Waals surface area contributed by atoms with E-state index in [1.807, 2.05) is 0 Å². The molecule has 0 spiro atoms. The monoisotopic (exact) mass is 200 g/mol. The number of hydrogen-bond acceptors (Lipinski definition) is 2. The van der Waals surface area contributed by atoms with Crippen LogP contribution in [0.25, 0.3) is 0 Å². The molecule has 0 aliphatic carbocycles. The lowest BCUT2D eigenvalue weighted by molar-refractivity contribution is 0.491. The highest BCUT2D eigenvalue weighted by Gasteiger charge is 2.39. The van der Waals surface area contributed by atoms with Gasteiger partial charge < -0.3 is 10.2 Å². The molecule has 3 heterocycles. The number of anilines is 1. The van der Waals surface area contributed by atoms with E-state index < -0.39 is 0 Å². The van der Waals surface area contributed by atoms with Gasteiger partial charge in [0.15, 0.2) is 0 Å². The van der Waals surface area contributed by atoms with E-state index in [0.29, 0.717) is 0 Å². The summed E-state index contributed by atoms with van der Waals surface area (Å²) in [5.41, 5.74) is 4.78. The van der Waals surface area contributed by atoms with E-state index >= 15 is 0 Å². The second kappa shape index (κ2) is 2.76. The molecule has 2 heteroatoms. The molecule has 1 N–H and O–H groups in total. The van der Waals surface area contributed by atoms with Crippen LogP contribution in [-0.4, -0.2) is 26.2 Å². The predicted octanol–water partition coefficient (Wildman–Crippen LogP) is 1.37. The Morgan fingerprint density at radius 3 is 3.27 bits per heavy atom. The lowest BCUT2D eigenvalue weighted by Gasteiger charge is -2.35. The molecule has 3 aliphatic rings. The van der Waals surface area contributed by atoms with Crippen molar-refractivity contribution in [1.29, 1.82) is 0 Å². The second-order valence-electron chi connectivity index (χ2n) is 5.08. The van der Waals surface area contributed by atoms with Gasteiger partial charge in [0, 0.05) is 37.8 Å². The fraction of sp³-hybridized carbons (Fsp3) is 0.538. The molecule has 1 fully saturated rings. The van der Waals surface area contributed by atoms with Crippen molar-refractivity contribution in [3.8, 4) is 0 Å². The molecule has 78 valence electrons. The SMILES string of the molecule is c1cc2c3c(c1)[C@@H]1CNCC1CN3CC2. The fourth-order valence-electron chi connectivity index (χ4n) is 3.62. The minimum absolute atomic E-state index is 0.786. The minimum atomic E-state index is 0.786. The van der Waals surface area contributed by atoms with Crippen molar-refractivity contribution in [1.82, 2.24) is 5.32 Å². The first kappa shape index (κ1) is 8.17. The third kappa shape index (κ3) is 0.979. The van der Waals surface area contributed by atoms with Gasteiger partial charge in [-0.3, -0.25) is 0 Å². The Morgan fingerprint density at radius 2 is 2.27 bits per heavy atom. The first-order valence-corrected chi connectivity index (χ1v) is 6.01. The minimum Gasteiger partial charge on any atom is -0.370 e. The van der Waals surface area contributed by atoms with Gasteiger partial charge in [-0.25, -0.2) is 0 Å². The summed E-state index contributed by atoms with van der Waals surface area (Å²) < 4.78 is 0. The third-order valence-electron chi connectivity index (χ3n) is 4.31. The Hall–Kier alpha value is -1.02. The summed E-state index contributed by atoms with van der Waals surface area (Å²) in [4.78, 5) is 2.61. The standard InChI is InChI=1S/C13H16N2/c1-2-9-4-5-15-8-10-6-14-7-12(10)11(3-1)13(9)15/h1-3,10,12,14H,4-8H2/t10?,12-/m1/s1. The smallest absolute Gasteiger partial charge is 0.0435 e. The van der Waals surface area contributed by atoms with Crippen LogP contribution in [0, 0.1) is 5.92 Å². The predicted molar refractivity (Wildman–Crippen MR) is 61.5 cm³/mol. The van der Waals surface area contributed by atoms with Gasteiger partial charge in [0.25, 0.3) is 0 Å². The van der Waals surface area contributed by atoms with Crippen molar-refractivity contribution in [3.05, 3.63) is 29.3 Å². The van der Waals surface area contributed by atoms with Crippen LogP contribution in [0.4, 0.5) is 5.69 Å². The average Bonchev–Trinajstić information content (AvgIpc) is 2.87. The molecule has 0 radical (unpaired) electrons. The molecule has 0 amide bonds. The molecule has 2 nitrogen and oxygen atoms in total. The van der Waals surface area contributed by atoms with Crippen molar-refractivity contribution in [3.63, 3.8) is 0 Å². The normalized spacial score (nSPS) is 31.6. The van der Waals surface area contributed by atoms with Gasteiger partial charge in [-0.05, 0) is 23.5 Å². The molecule has 0 aromatic heterocycles. The van der Waals surface area contributed by atoms with Crippen molar-refractivity contribution >= 4 is 5.69 Å². The van der Waals surface area contributed by atoms with Crippen LogP contribution in [0.15, 0.2) is 18.2 Å². The van der Waals surface area contributed by atoms with Crippen molar-refractivity contribution in [2.75, 3.05) is 31.1 Å². The number of benzene rings is 1. The number of para-hydroxylation sites is 1. The van der Waals surface area contributed by atoms with Gasteiger partial charge >= 0.3 is 0 Å². The van der Waals surface area contributed by atoms with Crippen molar-refractivity contribution in [2.45, 2.75) is 12.3 Å². The summed E-state index contributed by atoms with van der Waals surface area (Å²) in [7, 11) is 0. The van der Waals surface area contributed by atoms with Crippen LogP contribution in [0.1, 0.15) is 17.0 Å². The van der Waals surface area contributed by atoms with Crippen molar-refractivity contribution < 1.29 is 0 Å². The maximum Gasteiger partial charge on any atom is 0.0435 e. The van der Waals surface area contributed by atoms with E-state index in [-0.39, 0.29) is 0 Å². The van der Waals surface area contributed by atoms with E-state index in [9.17, 15) is 0 Å². The highest BCUT2D eigenvalue weighted by molar-refractivity contribution is 5.66. The zero-order valence-electron chi connectivity index (χ0n) is 8.87.